The Kier molecular flexibility index (Phi) is 5.51. The predicted octanol–water partition coefficient (Wildman–Crippen LogP) is 2.31. The number of thiocarbonyl (C=S) groups is 1. The highest BCUT2D eigenvalue weighted by molar-refractivity contribution is 7.80. The van der Waals surface area contributed by atoms with Gasteiger partial charge in [0.2, 0.25) is 0 Å². The number of benzene rings is 1. The van der Waals surface area contributed by atoms with Crippen LogP contribution >= 0.6 is 12.2 Å². The van der Waals surface area contributed by atoms with Crippen molar-refractivity contribution in [2.45, 2.75) is 19.9 Å². The van der Waals surface area contributed by atoms with Crippen molar-refractivity contribution < 1.29 is 4.92 Å². The summed E-state index contributed by atoms with van der Waals surface area (Å²) in [6, 6.07) is 6.51. The van der Waals surface area contributed by atoms with Gasteiger partial charge in [0.25, 0.3) is 5.69 Å². The van der Waals surface area contributed by atoms with Gasteiger partial charge in [-0.2, -0.15) is 0 Å². The van der Waals surface area contributed by atoms with Crippen LogP contribution in [0, 0.1) is 10.1 Å². The third-order valence-electron chi connectivity index (χ3n) is 2.44. The summed E-state index contributed by atoms with van der Waals surface area (Å²) in [5.74, 6) is 0. The predicted molar refractivity (Wildman–Crippen MR) is 75.5 cm³/mol. The van der Waals surface area contributed by atoms with Gasteiger partial charge in [-0.3, -0.25) is 10.1 Å². The number of nitrogens with zero attached hydrogens (tertiary/aromatic N) is 2. The minimum atomic E-state index is -0.402. The number of nitrogens with one attached hydrogen (secondary N) is 1. The molecule has 0 radical (unpaired) electrons. The van der Waals surface area contributed by atoms with Crippen LogP contribution in [0.1, 0.15) is 18.9 Å². The lowest BCUT2D eigenvalue weighted by Crippen LogP contribution is -2.36. The van der Waals surface area contributed by atoms with E-state index < -0.39 is 4.92 Å². The molecule has 0 aliphatic rings. The van der Waals surface area contributed by atoms with Crippen molar-refractivity contribution in [1.82, 2.24) is 10.2 Å². The van der Waals surface area contributed by atoms with Crippen LogP contribution in [0.15, 0.2) is 24.3 Å². The van der Waals surface area contributed by atoms with Gasteiger partial charge in [0.05, 0.1) is 4.92 Å². The van der Waals surface area contributed by atoms with Gasteiger partial charge >= 0.3 is 0 Å². The molecule has 0 fully saturated rings. The quantitative estimate of drug-likeness (QED) is 0.504. The molecule has 1 rings (SSSR count). The number of nitro benzene ring substituents is 1. The number of non-ortho nitro benzene ring substituents is 1. The average molecular weight is 267 g/mol. The van der Waals surface area contributed by atoms with Gasteiger partial charge in [0, 0.05) is 32.3 Å². The van der Waals surface area contributed by atoms with Crippen LogP contribution in [-0.2, 0) is 6.54 Å². The first-order valence-electron chi connectivity index (χ1n) is 5.77. The number of hydrogen-bond acceptors (Lipinski definition) is 3. The van der Waals surface area contributed by atoms with E-state index in [4.69, 9.17) is 12.2 Å². The number of rotatable bonds is 5. The first-order chi connectivity index (χ1) is 8.54. The van der Waals surface area contributed by atoms with Gasteiger partial charge in [0.15, 0.2) is 5.11 Å². The number of hydrogen-bond donors (Lipinski definition) is 1. The molecule has 98 valence electrons. The Morgan fingerprint density at radius 3 is 2.56 bits per heavy atom. The summed E-state index contributed by atoms with van der Waals surface area (Å²) in [6.07, 6.45) is 1.02. The lowest BCUT2D eigenvalue weighted by Gasteiger charge is -2.20. The SMILES string of the molecule is CCCNC(=S)N(C)Cc1ccc([N+](=O)[O-])cc1. The van der Waals surface area contributed by atoms with Gasteiger partial charge in [0.1, 0.15) is 0 Å². The Balaban J connectivity index is 2.56. The van der Waals surface area contributed by atoms with Crippen molar-refractivity contribution >= 4 is 23.0 Å². The zero-order valence-corrected chi connectivity index (χ0v) is 11.4. The lowest BCUT2D eigenvalue weighted by molar-refractivity contribution is -0.384. The maximum atomic E-state index is 10.5. The Hall–Kier alpha value is -1.69. The third kappa shape index (κ3) is 4.29. The lowest BCUT2D eigenvalue weighted by atomic mass is 10.2. The minimum absolute atomic E-state index is 0.105. The second-order valence-electron chi connectivity index (χ2n) is 4.01. The smallest absolute Gasteiger partial charge is 0.269 e. The van der Waals surface area contributed by atoms with E-state index in [1.54, 1.807) is 12.1 Å². The summed E-state index contributed by atoms with van der Waals surface area (Å²) < 4.78 is 0. The topological polar surface area (TPSA) is 58.4 Å². The molecule has 1 aromatic carbocycles. The van der Waals surface area contributed by atoms with Crippen molar-refractivity contribution in [3.63, 3.8) is 0 Å². The average Bonchev–Trinajstić information content (AvgIpc) is 2.36. The van der Waals surface area contributed by atoms with E-state index in [1.165, 1.54) is 12.1 Å². The minimum Gasteiger partial charge on any atom is -0.363 e. The van der Waals surface area contributed by atoms with Gasteiger partial charge in [-0.05, 0) is 24.2 Å². The van der Waals surface area contributed by atoms with Crippen molar-refractivity contribution in [1.29, 1.82) is 0 Å². The van der Waals surface area contributed by atoms with E-state index in [1.807, 2.05) is 11.9 Å². The molecule has 0 saturated carbocycles. The molecular weight excluding hydrogens is 250 g/mol. The molecule has 0 heterocycles. The zero-order chi connectivity index (χ0) is 13.5. The first kappa shape index (κ1) is 14.4. The van der Waals surface area contributed by atoms with Gasteiger partial charge in [-0.1, -0.05) is 19.1 Å². The van der Waals surface area contributed by atoms with Crippen molar-refractivity contribution in [2.24, 2.45) is 0 Å². The molecule has 1 aromatic rings. The Morgan fingerprint density at radius 1 is 1.44 bits per heavy atom. The van der Waals surface area contributed by atoms with E-state index in [9.17, 15) is 10.1 Å². The summed E-state index contributed by atoms with van der Waals surface area (Å²) in [5.41, 5.74) is 1.09. The standard InChI is InChI=1S/C12H17N3O2S/c1-3-8-13-12(18)14(2)9-10-4-6-11(7-5-10)15(16)17/h4-7H,3,8-9H2,1-2H3,(H,13,18). The van der Waals surface area contributed by atoms with Crippen LogP contribution in [-0.4, -0.2) is 28.5 Å². The molecule has 1 N–H and O–H groups in total. The second-order valence-corrected chi connectivity index (χ2v) is 4.40. The molecule has 0 bridgehead atoms. The highest BCUT2D eigenvalue weighted by Gasteiger charge is 2.07. The molecule has 6 heteroatoms. The van der Waals surface area contributed by atoms with E-state index >= 15 is 0 Å². The highest BCUT2D eigenvalue weighted by atomic mass is 32.1. The molecule has 0 atom stereocenters. The molecule has 0 spiro atoms. The zero-order valence-electron chi connectivity index (χ0n) is 10.5. The normalized spacial score (nSPS) is 9.89. The Labute approximate surface area is 112 Å². The van der Waals surface area contributed by atoms with Crippen LogP contribution in [0.25, 0.3) is 0 Å². The molecule has 0 aliphatic carbocycles. The number of nitro groups is 1. The molecular formula is C12H17N3O2S. The molecule has 0 amide bonds. The monoisotopic (exact) mass is 267 g/mol. The first-order valence-corrected chi connectivity index (χ1v) is 6.17. The Morgan fingerprint density at radius 2 is 2.06 bits per heavy atom. The fourth-order valence-corrected chi connectivity index (χ4v) is 1.60. The summed E-state index contributed by atoms with van der Waals surface area (Å²) in [4.78, 5) is 12.0. The summed E-state index contributed by atoms with van der Waals surface area (Å²) >= 11 is 5.22. The van der Waals surface area contributed by atoms with Gasteiger partial charge in [-0.25, -0.2) is 0 Å². The van der Waals surface area contributed by atoms with E-state index in [2.05, 4.69) is 12.2 Å². The maximum Gasteiger partial charge on any atom is 0.269 e. The van der Waals surface area contributed by atoms with Crippen molar-refractivity contribution in [2.75, 3.05) is 13.6 Å². The Bertz CT molecular complexity index is 420. The second kappa shape index (κ2) is 6.90. The van der Waals surface area contributed by atoms with Crippen molar-refractivity contribution in [3.05, 3.63) is 39.9 Å². The molecule has 0 aliphatic heterocycles. The highest BCUT2D eigenvalue weighted by Crippen LogP contribution is 2.13. The van der Waals surface area contributed by atoms with E-state index in [0.717, 1.165) is 18.5 Å². The third-order valence-corrected chi connectivity index (χ3v) is 2.90. The molecule has 18 heavy (non-hydrogen) atoms. The molecule has 5 nitrogen and oxygen atoms in total. The summed E-state index contributed by atoms with van der Waals surface area (Å²) in [6.45, 7) is 3.56. The van der Waals surface area contributed by atoms with Crippen LogP contribution in [0.3, 0.4) is 0 Å². The maximum absolute atomic E-state index is 10.5. The van der Waals surface area contributed by atoms with E-state index in [-0.39, 0.29) is 5.69 Å². The fourth-order valence-electron chi connectivity index (χ4n) is 1.44. The van der Waals surface area contributed by atoms with Crippen LogP contribution < -0.4 is 5.32 Å². The fraction of sp³-hybridized carbons (Fsp3) is 0.417. The van der Waals surface area contributed by atoms with Gasteiger partial charge in [-0.15, -0.1) is 0 Å². The molecule has 0 aromatic heterocycles. The largest absolute Gasteiger partial charge is 0.363 e. The summed E-state index contributed by atoms with van der Waals surface area (Å²) in [7, 11) is 1.90. The van der Waals surface area contributed by atoms with Crippen LogP contribution in [0.5, 0.6) is 0 Å². The van der Waals surface area contributed by atoms with Crippen LogP contribution in [0.2, 0.25) is 0 Å². The van der Waals surface area contributed by atoms with Gasteiger partial charge < -0.3 is 10.2 Å². The van der Waals surface area contributed by atoms with Crippen LogP contribution in [0.4, 0.5) is 5.69 Å². The summed E-state index contributed by atoms with van der Waals surface area (Å²) in [5, 5.41) is 14.3. The molecule has 0 unspecified atom stereocenters. The van der Waals surface area contributed by atoms with Crippen molar-refractivity contribution in [3.8, 4) is 0 Å². The van der Waals surface area contributed by atoms with E-state index in [0.29, 0.717) is 11.7 Å². The molecule has 0 saturated heterocycles.